The second kappa shape index (κ2) is 10.6. The van der Waals surface area contributed by atoms with Crippen molar-refractivity contribution in [3.8, 4) is 0 Å². The number of hydrogen-bond acceptors (Lipinski definition) is 4. The first kappa shape index (κ1) is 18.8. The molecule has 4 nitrogen and oxygen atoms in total. The zero-order valence-electron chi connectivity index (χ0n) is 12.5. The SMILES string of the molecule is CCC(CC)(CO)CO.OCC1CCC(CO)CC1. The van der Waals surface area contributed by atoms with Crippen molar-refractivity contribution in [3.05, 3.63) is 0 Å². The molecule has 1 aliphatic carbocycles. The zero-order valence-corrected chi connectivity index (χ0v) is 12.5. The summed E-state index contributed by atoms with van der Waals surface area (Å²) in [6.45, 7) is 4.81. The summed E-state index contributed by atoms with van der Waals surface area (Å²) in [5.41, 5.74) is -0.222. The third kappa shape index (κ3) is 6.70. The highest BCUT2D eigenvalue weighted by Crippen LogP contribution is 2.27. The first-order valence-corrected chi connectivity index (χ1v) is 7.54. The molecular formula is C15H32O4. The lowest BCUT2D eigenvalue weighted by atomic mass is 9.83. The van der Waals surface area contributed by atoms with Gasteiger partial charge in [-0.05, 0) is 50.4 Å². The summed E-state index contributed by atoms with van der Waals surface area (Å²) in [6.07, 6.45) is 6.08. The molecule has 0 radical (unpaired) electrons. The van der Waals surface area contributed by atoms with Crippen LogP contribution in [0, 0.1) is 17.3 Å². The molecule has 1 rings (SSSR count). The molecule has 1 aliphatic rings. The molecule has 1 saturated carbocycles. The van der Waals surface area contributed by atoms with Gasteiger partial charge in [-0.25, -0.2) is 0 Å². The van der Waals surface area contributed by atoms with Crippen molar-refractivity contribution in [1.82, 2.24) is 0 Å². The molecule has 116 valence electrons. The van der Waals surface area contributed by atoms with Crippen LogP contribution in [0.3, 0.4) is 0 Å². The molecule has 0 amide bonds. The van der Waals surface area contributed by atoms with Crippen LogP contribution < -0.4 is 0 Å². The fourth-order valence-corrected chi connectivity index (χ4v) is 2.34. The minimum Gasteiger partial charge on any atom is -0.396 e. The Morgan fingerprint density at radius 3 is 1.16 bits per heavy atom. The predicted molar refractivity (Wildman–Crippen MR) is 76.8 cm³/mol. The lowest BCUT2D eigenvalue weighted by Crippen LogP contribution is -2.27. The standard InChI is InChI=1S/C8H16O2.C7H16O2/c9-5-7-1-2-8(6-10)4-3-7;1-3-7(4-2,5-8)6-9/h7-10H,1-6H2;8-9H,3-6H2,1-2H3. The van der Waals surface area contributed by atoms with Gasteiger partial charge in [0.15, 0.2) is 0 Å². The van der Waals surface area contributed by atoms with E-state index < -0.39 is 0 Å². The molecule has 0 saturated heterocycles. The van der Waals surface area contributed by atoms with Gasteiger partial charge in [0.05, 0.1) is 13.2 Å². The fourth-order valence-electron chi connectivity index (χ4n) is 2.34. The van der Waals surface area contributed by atoms with E-state index in [1.165, 1.54) is 0 Å². The molecule has 1 fully saturated rings. The van der Waals surface area contributed by atoms with E-state index in [0.717, 1.165) is 38.5 Å². The van der Waals surface area contributed by atoms with E-state index in [1.54, 1.807) is 0 Å². The van der Waals surface area contributed by atoms with Crippen molar-refractivity contribution in [3.63, 3.8) is 0 Å². The van der Waals surface area contributed by atoms with E-state index in [1.807, 2.05) is 13.8 Å². The molecule has 0 aliphatic heterocycles. The van der Waals surface area contributed by atoms with Crippen molar-refractivity contribution in [2.24, 2.45) is 17.3 Å². The largest absolute Gasteiger partial charge is 0.396 e. The van der Waals surface area contributed by atoms with Gasteiger partial charge in [0.1, 0.15) is 0 Å². The average molecular weight is 276 g/mol. The lowest BCUT2D eigenvalue weighted by Gasteiger charge is -2.25. The number of aliphatic hydroxyl groups is 4. The van der Waals surface area contributed by atoms with E-state index in [4.69, 9.17) is 20.4 Å². The van der Waals surface area contributed by atoms with Crippen molar-refractivity contribution in [1.29, 1.82) is 0 Å². The van der Waals surface area contributed by atoms with Crippen molar-refractivity contribution in [2.45, 2.75) is 52.4 Å². The van der Waals surface area contributed by atoms with Gasteiger partial charge >= 0.3 is 0 Å². The van der Waals surface area contributed by atoms with Crippen LogP contribution in [-0.4, -0.2) is 46.9 Å². The molecule has 0 bridgehead atoms. The third-order valence-electron chi connectivity index (χ3n) is 4.65. The summed E-state index contributed by atoms with van der Waals surface area (Å²) in [4.78, 5) is 0. The molecule has 0 unspecified atom stereocenters. The van der Waals surface area contributed by atoms with Gasteiger partial charge in [0, 0.05) is 18.6 Å². The van der Waals surface area contributed by atoms with Gasteiger partial charge in [0.2, 0.25) is 0 Å². The number of rotatable bonds is 6. The molecule has 0 spiro atoms. The molecule has 0 aromatic heterocycles. The normalized spacial score (nSPS) is 23.7. The van der Waals surface area contributed by atoms with E-state index in [0.29, 0.717) is 25.0 Å². The van der Waals surface area contributed by atoms with Gasteiger partial charge in [0.25, 0.3) is 0 Å². The number of aliphatic hydroxyl groups excluding tert-OH is 4. The Morgan fingerprint density at radius 2 is 1.05 bits per heavy atom. The molecule has 0 aromatic carbocycles. The van der Waals surface area contributed by atoms with E-state index >= 15 is 0 Å². The Balaban J connectivity index is 0.000000344. The maximum Gasteiger partial charge on any atom is 0.0509 e. The Hall–Kier alpha value is -0.160. The van der Waals surface area contributed by atoms with Gasteiger partial charge < -0.3 is 20.4 Å². The molecule has 0 heterocycles. The van der Waals surface area contributed by atoms with Crippen LogP contribution in [0.4, 0.5) is 0 Å². The first-order chi connectivity index (χ1) is 9.11. The van der Waals surface area contributed by atoms with Gasteiger partial charge in [-0.2, -0.15) is 0 Å². The molecule has 19 heavy (non-hydrogen) atoms. The Morgan fingerprint density at radius 1 is 0.737 bits per heavy atom. The fraction of sp³-hybridized carbons (Fsp3) is 1.00. The van der Waals surface area contributed by atoms with Crippen LogP contribution >= 0.6 is 0 Å². The smallest absolute Gasteiger partial charge is 0.0509 e. The van der Waals surface area contributed by atoms with Gasteiger partial charge in [-0.15, -0.1) is 0 Å². The summed E-state index contributed by atoms with van der Waals surface area (Å²) in [5.74, 6) is 1.03. The van der Waals surface area contributed by atoms with Crippen molar-refractivity contribution < 1.29 is 20.4 Å². The van der Waals surface area contributed by atoms with E-state index in [-0.39, 0.29) is 18.6 Å². The molecule has 4 heteroatoms. The topological polar surface area (TPSA) is 80.9 Å². The molecular weight excluding hydrogens is 244 g/mol. The van der Waals surface area contributed by atoms with Crippen molar-refractivity contribution in [2.75, 3.05) is 26.4 Å². The Kier molecular flexibility index (Phi) is 10.5. The minimum absolute atomic E-state index is 0.0938. The van der Waals surface area contributed by atoms with Crippen LogP contribution in [0.1, 0.15) is 52.4 Å². The van der Waals surface area contributed by atoms with Gasteiger partial charge in [-0.1, -0.05) is 13.8 Å². The maximum absolute atomic E-state index is 8.82. The minimum atomic E-state index is -0.222. The monoisotopic (exact) mass is 276 g/mol. The van der Waals surface area contributed by atoms with Crippen molar-refractivity contribution >= 4 is 0 Å². The van der Waals surface area contributed by atoms with Crippen LogP contribution in [0.15, 0.2) is 0 Å². The Bertz CT molecular complexity index is 167. The summed E-state index contributed by atoms with van der Waals surface area (Å²) in [6, 6.07) is 0. The second-order valence-corrected chi connectivity index (χ2v) is 5.78. The number of hydrogen-bond donors (Lipinski definition) is 4. The third-order valence-corrected chi connectivity index (χ3v) is 4.65. The zero-order chi connectivity index (χ0) is 14.7. The highest BCUT2D eigenvalue weighted by Gasteiger charge is 2.23. The van der Waals surface area contributed by atoms with Crippen LogP contribution in [0.25, 0.3) is 0 Å². The predicted octanol–water partition coefficient (Wildman–Crippen LogP) is 1.55. The van der Waals surface area contributed by atoms with Crippen LogP contribution in [0.5, 0.6) is 0 Å². The van der Waals surface area contributed by atoms with Crippen LogP contribution in [-0.2, 0) is 0 Å². The Labute approximate surface area is 117 Å². The highest BCUT2D eigenvalue weighted by atomic mass is 16.3. The maximum atomic E-state index is 8.82. The van der Waals surface area contributed by atoms with Crippen LogP contribution in [0.2, 0.25) is 0 Å². The van der Waals surface area contributed by atoms with E-state index in [9.17, 15) is 0 Å². The quantitative estimate of drug-likeness (QED) is 0.593. The molecule has 0 atom stereocenters. The second-order valence-electron chi connectivity index (χ2n) is 5.78. The summed E-state index contributed by atoms with van der Waals surface area (Å²) >= 11 is 0. The summed E-state index contributed by atoms with van der Waals surface area (Å²) < 4.78 is 0. The summed E-state index contributed by atoms with van der Waals surface area (Å²) in [7, 11) is 0. The van der Waals surface area contributed by atoms with Gasteiger partial charge in [-0.3, -0.25) is 0 Å². The van der Waals surface area contributed by atoms with E-state index in [2.05, 4.69) is 0 Å². The summed E-state index contributed by atoms with van der Waals surface area (Å²) in [5, 5.41) is 35.2. The first-order valence-electron chi connectivity index (χ1n) is 7.54. The molecule has 4 N–H and O–H groups in total. The highest BCUT2D eigenvalue weighted by molar-refractivity contribution is 4.73. The lowest BCUT2D eigenvalue weighted by molar-refractivity contribution is 0.0480. The average Bonchev–Trinajstić information content (AvgIpc) is 2.51. The molecule has 0 aromatic rings.